The fourth-order valence-corrected chi connectivity index (χ4v) is 2.85. The van der Waals surface area contributed by atoms with Gasteiger partial charge in [-0.2, -0.15) is 0 Å². The van der Waals surface area contributed by atoms with Crippen molar-refractivity contribution < 1.29 is 0 Å². The minimum absolute atomic E-state index is 0.0172. The monoisotopic (exact) mass is 292 g/mol. The van der Waals surface area contributed by atoms with Crippen LogP contribution in [0.2, 0.25) is 0 Å². The summed E-state index contributed by atoms with van der Waals surface area (Å²) in [6, 6.07) is 0. The average Bonchev–Trinajstić information content (AvgIpc) is 2.27. The van der Waals surface area contributed by atoms with Crippen molar-refractivity contribution in [1.82, 2.24) is 9.97 Å². The first kappa shape index (κ1) is 17.7. The smallest absolute Gasteiger partial charge is 0.135 e. The van der Waals surface area contributed by atoms with E-state index in [9.17, 15) is 0 Å². The first-order valence-corrected chi connectivity index (χ1v) is 7.79. The van der Waals surface area contributed by atoms with E-state index in [2.05, 4.69) is 71.0 Å². The number of anilines is 2. The molecule has 0 aliphatic rings. The minimum Gasteiger partial charge on any atom is -0.373 e. The van der Waals surface area contributed by atoms with Gasteiger partial charge in [0.15, 0.2) is 0 Å². The second-order valence-electron chi connectivity index (χ2n) is 8.06. The molecule has 1 aromatic heterocycles. The van der Waals surface area contributed by atoms with Crippen LogP contribution < -0.4 is 10.6 Å². The molecule has 21 heavy (non-hydrogen) atoms. The molecule has 0 spiro atoms. The fraction of sp³-hybridized carbons (Fsp3) is 0.765. The Labute approximate surface area is 130 Å². The maximum atomic E-state index is 4.73. The largest absolute Gasteiger partial charge is 0.373 e. The molecule has 1 heterocycles. The Bertz CT molecular complexity index is 484. The van der Waals surface area contributed by atoms with E-state index in [4.69, 9.17) is 4.98 Å². The lowest BCUT2D eigenvalue weighted by atomic mass is 9.82. The molecule has 0 amide bonds. The summed E-state index contributed by atoms with van der Waals surface area (Å²) < 4.78 is 0. The van der Waals surface area contributed by atoms with E-state index in [1.807, 2.05) is 7.05 Å². The summed E-state index contributed by atoms with van der Waals surface area (Å²) in [5.41, 5.74) is 1.32. The number of hydrogen-bond acceptors (Lipinski definition) is 4. The molecule has 0 fully saturated rings. The van der Waals surface area contributed by atoms with Gasteiger partial charge in [0.1, 0.15) is 17.5 Å². The zero-order valence-electron chi connectivity index (χ0n) is 15.2. The van der Waals surface area contributed by atoms with Crippen molar-refractivity contribution in [1.29, 1.82) is 0 Å². The van der Waals surface area contributed by atoms with Crippen LogP contribution in [-0.2, 0) is 0 Å². The number of rotatable bonds is 5. The minimum atomic E-state index is -0.0172. The molecule has 4 heteroatoms. The van der Waals surface area contributed by atoms with Gasteiger partial charge in [0.25, 0.3) is 0 Å². The van der Waals surface area contributed by atoms with E-state index < -0.39 is 0 Å². The SMILES string of the molecule is CNc1nc(C(C)C)nc(NC(C)(C)CC(C)(C)C)c1C. The third-order valence-electron chi connectivity index (χ3n) is 3.35. The highest BCUT2D eigenvalue weighted by molar-refractivity contribution is 5.58. The Morgan fingerprint density at radius 3 is 1.95 bits per heavy atom. The molecular formula is C17H32N4. The Morgan fingerprint density at radius 2 is 1.52 bits per heavy atom. The summed E-state index contributed by atoms with van der Waals surface area (Å²) in [6.07, 6.45) is 1.06. The number of aromatic nitrogens is 2. The first-order valence-electron chi connectivity index (χ1n) is 7.79. The van der Waals surface area contributed by atoms with Crippen LogP contribution in [0, 0.1) is 12.3 Å². The van der Waals surface area contributed by atoms with E-state index >= 15 is 0 Å². The van der Waals surface area contributed by atoms with E-state index in [1.165, 1.54) is 0 Å². The summed E-state index contributed by atoms with van der Waals surface area (Å²) in [5.74, 6) is 3.03. The van der Waals surface area contributed by atoms with Crippen LogP contribution in [-0.4, -0.2) is 22.6 Å². The van der Waals surface area contributed by atoms with Crippen molar-refractivity contribution in [2.24, 2.45) is 5.41 Å². The quantitative estimate of drug-likeness (QED) is 0.834. The second-order valence-corrected chi connectivity index (χ2v) is 8.06. The molecule has 4 nitrogen and oxygen atoms in total. The van der Waals surface area contributed by atoms with Crippen LogP contribution in [0.15, 0.2) is 0 Å². The number of nitrogens with one attached hydrogen (secondary N) is 2. The molecule has 0 saturated carbocycles. The molecule has 120 valence electrons. The van der Waals surface area contributed by atoms with Gasteiger partial charge in [0.05, 0.1) is 0 Å². The highest BCUT2D eigenvalue weighted by Gasteiger charge is 2.27. The summed E-state index contributed by atoms with van der Waals surface area (Å²) in [4.78, 5) is 9.33. The van der Waals surface area contributed by atoms with Crippen molar-refractivity contribution >= 4 is 11.6 Å². The van der Waals surface area contributed by atoms with Gasteiger partial charge in [-0.15, -0.1) is 0 Å². The maximum Gasteiger partial charge on any atom is 0.135 e. The van der Waals surface area contributed by atoms with Gasteiger partial charge in [-0.1, -0.05) is 34.6 Å². The molecular weight excluding hydrogens is 260 g/mol. The molecule has 0 aliphatic heterocycles. The van der Waals surface area contributed by atoms with Crippen molar-refractivity contribution in [3.05, 3.63) is 11.4 Å². The van der Waals surface area contributed by atoms with E-state index in [1.54, 1.807) is 0 Å². The third kappa shape index (κ3) is 5.18. The van der Waals surface area contributed by atoms with Gasteiger partial charge in [-0.3, -0.25) is 0 Å². The first-order chi connectivity index (χ1) is 9.45. The van der Waals surface area contributed by atoms with Gasteiger partial charge in [-0.25, -0.2) is 9.97 Å². The fourth-order valence-electron chi connectivity index (χ4n) is 2.85. The van der Waals surface area contributed by atoms with Gasteiger partial charge in [0, 0.05) is 24.1 Å². The molecule has 0 bridgehead atoms. The molecule has 2 N–H and O–H groups in total. The zero-order valence-corrected chi connectivity index (χ0v) is 15.2. The Hall–Kier alpha value is -1.32. The summed E-state index contributed by atoms with van der Waals surface area (Å²) >= 11 is 0. The van der Waals surface area contributed by atoms with Gasteiger partial charge >= 0.3 is 0 Å². The van der Waals surface area contributed by atoms with E-state index in [-0.39, 0.29) is 11.0 Å². The van der Waals surface area contributed by atoms with Gasteiger partial charge in [0.2, 0.25) is 0 Å². The van der Waals surface area contributed by atoms with Crippen LogP contribution in [0.5, 0.6) is 0 Å². The van der Waals surface area contributed by atoms with Gasteiger partial charge < -0.3 is 10.6 Å². The van der Waals surface area contributed by atoms with Crippen molar-refractivity contribution in [3.8, 4) is 0 Å². The Balaban J connectivity index is 3.15. The van der Waals surface area contributed by atoms with Crippen LogP contribution in [0.3, 0.4) is 0 Å². The molecule has 1 rings (SSSR count). The molecule has 1 aromatic rings. The Morgan fingerprint density at radius 1 is 1.00 bits per heavy atom. The van der Waals surface area contributed by atoms with Crippen LogP contribution in [0.25, 0.3) is 0 Å². The predicted molar refractivity (Wildman–Crippen MR) is 92.2 cm³/mol. The van der Waals surface area contributed by atoms with E-state index in [0.717, 1.165) is 29.4 Å². The van der Waals surface area contributed by atoms with Crippen LogP contribution >= 0.6 is 0 Å². The van der Waals surface area contributed by atoms with E-state index in [0.29, 0.717) is 5.92 Å². The third-order valence-corrected chi connectivity index (χ3v) is 3.35. The standard InChI is InChI=1S/C17H32N4/c1-11(2)13-19-14(18-9)12(3)15(20-13)21-17(7,8)10-16(4,5)6/h11H,10H2,1-9H3,(H2,18,19,20,21). The lowest BCUT2D eigenvalue weighted by Gasteiger charge is -2.34. The Kier molecular flexibility index (Phi) is 5.24. The predicted octanol–water partition coefficient (Wildman–Crippen LogP) is 4.58. The zero-order chi connectivity index (χ0) is 16.4. The van der Waals surface area contributed by atoms with Crippen molar-refractivity contribution in [3.63, 3.8) is 0 Å². The summed E-state index contributed by atoms with van der Waals surface area (Å²) in [5, 5.41) is 6.80. The number of hydrogen-bond donors (Lipinski definition) is 2. The maximum absolute atomic E-state index is 4.73. The lowest BCUT2D eigenvalue weighted by molar-refractivity contribution is 0.302. The van der Waals surface area contributed by atoms with Crippen LogP contribution in [0.4, 0.5) is 11.6 Å². The molecule has 0 radical (unpaired) electrons. The summed E-state index contributed by atoms with van der Waals surface area (Å²) in [6.45, 7) is 17.6. The normalized spacial score (nSPS) is 12.7. The number of nitrogens with zero attached hydrogens (tertiary/aromatic N) is 2. The molecule has 0 saturated heterocycles. The topological polar surface area (TPSA) is 49.8 Å². The highest BCUT2D eigenvalue weighted by Crippen LogP contribution is 2.31. The van der Waals surface area contributed by atoms with Gasteiger partial charge in [-0.05, 0) is 32.6 Å². The molecule has 0 unspecified atom stereocenters. The van der Waals surface area contributed by atoms with Crippen molar-refractivity contribution in [2.75, 3.05) is 17.7 Å². The average molecular weight is 292 g/mol. The lowest BCUT2D eigenvalue weighted by Crippen LogP contribution is -2.36. The summed E-state index contributed by atoms with van der Waals surface area (Å²) in [7, 11) is 1.91. The molecule has 0 aromatic carbocycles. The molecule has 0 aliphatic carbocycles. The highest BCUT2D eigenvalue weighted by atomic mass is 15.1. The van der Waals surface area contributed by atoms with Crippen molar-refractivity contribution in [2.45, 2.75) is 73.3 Å². The van der Waals surface area contributed by atoms with Crippen LogP contribution in [0.1, 0.15) is 72.2 Å². The second kappa shape index (κ2) is 6.20. The molecule has 0 atom stereocenters.